The van der Waals surface area contributed by atoms with Crippen molar-refractivity contribution in [2.75, 3.05) is 26.2 Å². The molecule has 0 aliphatic carbocycles. The molecule has 0 heterocycles. The third kappa shape index (κ3) is 4.77. The van der Waals surface area contributed by atoms with E-state index in [9.17, 15) is 0 Å². The van der Waals surface area contributed by atoms with Gasteiger partial charge in [0.1, 0.15) is 0 Å². The summed E-state index contributed by atoms with van der Waals surface area (Å²) in [7, 11) is 0. The molecule has 2 heteroatoms. The molecule has 0 spiro atoms. The van der Waals surface area contributed by atoms with Crippen LogP contribution in [0.3, 0.4) is 0 Å². The lowest BCUT2D eigenvalue weighted by molar-refractivity contribution is 0.214. The Morgan fingerprint density at radius 2 is 2.00 bits per heavy atom. The summed E-state index contributed by atoms with van der Waals surface area (Å²) in [5, 5.41) is 8.82. The van der Waals surface area contributed by atoms with Crippen LogP contribution in [0.25, 0.3) is 6.08 Å². The lowest BCUT2D eigenvalue weighted by Gasteiger charge is -2.16. The zero-order valence-electron chi connectivity index (χ0n) is 9.26. The fourth-order valence-electron chi connectivity index (χ4n) is 1.42. The van der Waals surface area contributed by atoms with Gasteiger partial charge in [0.05, 0.1) is 6.61 Å². The number of hydrogen-bond acceptors (Lipinski definition) is 2. The second-order valence-corrected chi connectivity index (χ2v) is 3.43. The van der Waals surface area contributed by atoms with Crippen LogP contribution in [0.15, 0.2) is 36.4 Å². The monoisotopic (exact) mass is 205 g/mol. The standard InChI is InChI=1S/C13H19NO/c1-2-14(11-12-15)10-6-9-13-7-4-3-5-8-13/h3-9,15H,2,10-12H2,1H3. The van der Waals surface area contributed by atoms with Crippen molar-refractivity contribution in [3.8, 4) is 0 Å². The Balaban J connectivity index is 2.38. The van der Waals surface area contributed by atoms with Crippen LogP contribution >= 0.6 is 0 Å². The number of hydrogen-bond donors (Lipinski definition) is 1. The van der Waals surface area contributed by atoms with Crippen LogP contribution in [0.2, 0.25) is 0 Å². The molecule has 0 bridgehead atoms. The van der Waals surface area contributed by atoms with Crippen LogP contribution < -0.4 is 0 Å². The number of benzene rings is 1. The van der Waals surface area contributed by atoms with E-state index in [0.717, 1.165) is 19.6 Å². The lowest BCUT2D eigenvalue weighted by atomic mass is 10.2. The van der Waals surface area contributed by atoms with Crippen molar-refractivity contribution >= 4 is 6.08 Å². The average Bonchev–Trinajstić information content (AvgIpc) is 2.29. The third-order valence-corrected chi connectivity index (χ3v) is 2.34. The highest BCUT2D eigenvalue weighted by Gasteiger charge is 1.96. The summed E-state index contributed by atoms with van der Waals surface area (Å²) >= 11 is 0. The highest BCUT2D eigenvalue weighted by Crippen LogP contribution is 2.01. The van der Waals surface area contributed by atoms with Gasteiger partial charge in [-0.05, 0) is 12.1 Å². The summed E-state index contributed by atoms with van der Waals surface area (Å²) in [5.41, 5.74) is 1.22. The second kappa shape index (κ2) is 7.21. The zero-order valence-corrected chi connectivity index (χ0v) is 9.26. The maximum atomic E-state index is 8.82. The van der Waals surface area contributed by atoms with Gasteiger partial charge in [-0.2, -0.15) is 0 Å². The van der Waals surface area contributed by atoms with Crippen LogP contribution in [-0.2, 0) is 0 Å². The van der Waals surface area contributed by atoms with Gasteiger partial charge >= 0.3 is 0 Å². The third-order valence-electron chi connectivity index (χ3n) is 2.34. The first-order chi connectivity index (χ1) is 7.36. The smallest absolute Gasteiger partial charge is 0.0558 e. The number of nitrogens with zero attached hydrogens (tertiary/aromatic N) is 1. The Hall–Kier alpha value is -1.12. The molecule has 0 atom stereocenters. The summed E-state index contributed by atoms with van der Waals surface area (Å²) in [6.07, 6.45) is 4.24. The molecule has 1 N–H and O–H groups in total. The normalized spacial score (nSPS) is 11.4. The topological polar surface area (TPSA) is 23.5 Å². The van der Waals surface area contributed by atoms with Gasteiger partial charge < -0.3 is 5.11 Å². The first kappa shape index (κ1) is 12.0. The molecule has 0 unspecified atom stereocenters. The molecule has 1 aromatic rings. The molecule has 2 nitrogen and oxygen atoms in total. The molecule has 1 rings (SSSR count). The van der Waals surface area contributed by atoms with Crippen LogP contribution in [-0.4, -0.2) is 36.2 Å². The minimum Gasteiger partial charge on any atom is -0.395 e. The SMILES string of the molecule is CCN(CC=Cc1ccccc1)CCO. The van der Waals surface area contributed by atoms with Crippen molar-refractivity contribution in [2.45, 2.75) is 6.92 Å². The predicted octanol–water partition coefficient (Wildman–Crippen LogP) is 2.01. The number of aliphatic hydroxyl groups excluding tert-OH is 1. The molecule has 0 saturated carbocycles. The van der Waals surface area contributed by atoms with E-state index < -0.39 is 0 Å². The van der Waals surface area contributed by atoms with E-state index in [2.05, 4.69) is 36.1 Å². The van der Waals surface area contributed by atoms with Crippen molar-refractivity contribution in [1.82, 2.24) is 4.90 Å². The van der Waals surface area contributed by atoms with E-state index in [0.29, 0.717) is 0 Å². The first-order valence-corrected chi connectivity index (χ1v) is 5.41. The fraction of sp³-hybridized carbons (Fsp3) is 0.385. The highest BCUT2D eigenvalue weighted by molar-refractivity contribution is 5.48. The van der Waals surface area contributed by atoms with E-state index in [4.69, 9.17) is 5.11 Å². The summed E-state index contributed by atoms with van der Waals surface area (Å²) in [6.45, 7) is 4.94. The van der Waals surface area contributed by atoms with Gasteiger partial charge in [0.25, 0.3) is 0 Å². The van der Waals surface area contributed by atoms with Gasteiger partial charge in [-0.3, -0.25) is 4.90 Å². The Labute approximate surface area is 91.9 Å². The van der Waals surface area contributed by atoms with Crippen molar-refractivity contribution in [1.29, 1.82) is 0 Å². The Bertz CT molecular complexity index is 282. The molecular weight excluding hydrogens is 186 g/mol. The summed E-state index contributed by atoms with van der Waals surface area (Å²) in [4.78, 5) is 2.19. The van der Waals surface area contributed by atoms with Crippen molar-refractivity contribution in [3.05, 3.63) is 42.0 Å². The quantitative estimate of drug-likeness (QED) is 0.768. The van der Waals surface area contributed by atoms with E-state index in [1.165, 1.54) is 5.56 Å². The van der Waals surface area contributed by atoms with Crippen molar-refractivity contribution < 1.29 is 5.11 Å². The maximum Gasteiger partial charge on any atom is 0.0558 e. The summed E-state index contributed by atoms with van der Waals surface area (Å²) in [6, 6.07) is 10.2. The molecular formula is C13H19NO. The highest BCUT2D eigenvalue weighted by atomic mass is 16.3. The predicted molar refractivity (Wildman–Crippen MR) is 64.7 cm³/mol. The van der Waals surface area contributed by atoms with Gasteiger partial charge in [-0.1, -0.05) is 49.4 Å². The summed E-state index contributed by atoms with van der Waals surface area (Å²) in [5.74, 6) is 0. The van der Waals surface area contributed by atoms with Gasteiger partial charge in [-0.15, -0.1) is 0 Å². The number of likely N-dealkylation sites (N-methyl/N-ethyl adjacent to an activating group) is 1. The molecule has 82 valence electrons. The molecule has 0 radical (unpaired) electrons. The molecule has 0 aliphatic rings. The Morgan fingerprint density at radius 1 is 1.27 bits per heavy atom. The van der Waals surface area contributed by atoms with Gasteiger partial charge in [0.2, 0.25) is 0 Å². The van der Waals surface area contributed by atoms with Crippen LogP contribution in [0.4, 0.5) is 0 Å². The van der Waals surface area contributed by atoms with Crippen LogP contribution in [0.5, 0.6) is 0 Å². The lowest BCUT2D eigenvalue weighted by Crippen LogP contribution is -2.26. The minimum absolute atomic E-state index is 0.229. The average molecular weight is 205 g/mol. The maximum absolute atomic E-state index is 8.82. The van der Waals surface area contributed by atoms with E-state index in [1.54, 1.807) is 0 Å². The molecule has 0 amide bonds. The molecule has 0 fully saturated rings. The van der Waals surface area contributed by atoms with E-state index >= 15 is 0 Å². The Kier molecular flexibility index (Phi) is 5.74. The van der Waals surface area contributed by atoms with E-state index in [1.807, 2.05) is 18.2 Å². The molecule has 0 aliphatic heterocycles. The minimum atomic E-state index is 0.229. The number of rotatable bonds is 6. The first-order valence-electron chi connectivity index (χ1n) is 5.41. The van der Waals surface area contributed by atoms with Crippen LogP contribution in [0, 0.1) is 0 Å². The number of aliphatic hydroxyl groups is 1. The van der Waals surface area contributed by atoms with Gasteiger partial charge in [0.15, 0.2) is 0 Å². The van der Waals surface area contributed by atoms with Crippen molar-refractivity contribution in [3.63, 3.8) is 0 Å². The van der Waals surface area contributed by atoms with Gasteiger partial charge in [-0.25, -0.2) is 0 Å². The zero-order chi connectivity index (χ0) is 10.9. The van der Waals surface area contributed by atoms with Crippen LogP contribution in [0.1, 0.15) is 12.5 Å². The molecule has 1 aromatic carbocycles. The molecule has 0 aromatic heterocycles. The second-order valence-electron chi connectivity index (χ2n) is 3.43. The largest absolute Gasteiger partial charge is 0.395 e. The molecule has 0 saturated heterocycles. The van der Waals surface area contributed by atoms with Gasteiger partial charge in [0, 0.05) is 13.1 Å². The van der Waals surface area contributed by atoms with E-state index in [-0.39, 0.29) is 6.61 Å². The fourth-order valence-corrected chi connectivity index (χ4v) is 1.42. The molecule has 15 heavy (non-hydrogen) atoms. The Morgan fingerprint density at radius 3 is 2.60 bits per heavy atom. The summed E-state index contributed by atoms with van der Waals surface area (Å²) < 4.78 is 0. The van der Waals surface area contributed by atoms with Crippen molar-refractivity contribution in [2.24, 2.45) is 0 Å².